The summed E-state index contributed by atoms with van der Waals surface area (Å²) in [7, 11) is 4.83. The molecule has 1 aromatic rings. The zero-order valence-corrected chi connectivity index (χ0v) is 11.4. The van der Waals surface area contributed by atoms with Crippen molar-refractivity contribution in [3.8, 4) is 5.75 Å². The number of methoxy groups -OCH3 is 1. The van der Waals surface area contributed by atoms with E-state index in [-0.39, 0.29) is 11.8 Å². The lowest BCUT2D eigenvalue weighted by Crippen LogP contribution is -2.23. The molecule has 0 aromatic heterocycles. The molecule has 0 aliphatic carbocycles. The second-order valence-electron chi connectivity index (χ2n) is 3.89. The molecule has 1 aromatic carbocycles. The van der Waals surface area contributed by atoms with Crippen molar-refractivity contribution in [1.82, 2.24) is 10.6 Å². The first-order valence-corrected chi connectivity index (χ1v) is 5.97. The van der Waals surface area contributed by atoms with Gasteiger partial charge in [0, 0.05) is 20.0 Å². The predicted molar refractivity (Wildman–Crippen MR) is 73.6 cm³/mol. The molecule has 0 aliphatic rings. The van der Waals surface area contributed by atoms with Crippen molar-refractivity contribution >= 4 is 17.5 Å². The Hall–Kier alpha value is -2.08. The summed E-state index contributed by atoms with van der Waals surface area (Å²) in [5, 5.41) is 8.14. The van der Waals surface area contributed by atoms with Gasteiger partial charge < -0.3 is 20.7 Å². The van der Waals surface area contributed by atoms with E-state index in [4.69, 9.17) is 4.74 Å². The summed E-state index contributed by atoms with van der Waals surface area (Å²) in [5.41, 5.74) is 0.848. The molecule has 2 amide bonds. The molecule has 0 atom stereocenters. The monoisotopic (exact) mass is 265 g/mol. The average molecular weight is 265 g/mol. The van der Waals surface area contributed by atoms with Crippen molar-refractivity contribution in [1.29, 1.82) is 0 Å². The van der Waals surface area contributed by atoms with E-state index < -0.39 is 0 Å². The maximum atomic E-state index is 11.8. The van der Waals surface area contributed by atoms with Crippen LogP contribution in [0.4, 0.5) is 5.69 Å². The molecule has 0 bridgehead atoms. The molecule has 0 spiro atoms. The number of hydrogen-bond acceptors (Lipinski definition) is 4. The third kappa shape index (κ3) is 4.26. The summed E-state index contributed by atoms with van der Waals surface area (Å²) < 4.78 is 5.07. The molecular formula is C13H19N3O3. The van der Waals surface area contributed by atoms with Crippen molar-refractivity contribution in [3.05, 3.63) is 23.8 Å². The maximum Gasteiger partial charge on any atom is 0.253 e. The fraction of sp³-hybridized carbons (Fsp3) is 0.385. The minimum absolute atomic E-state index is 0.148. The van der Waals surface area contributed by atoms with Crippen molar-refractivity contribution < 1.29 is 14.3 Å². The predicted octanol–water partition coefficient (Wildman–Crippen LogP) is 0.603. The number of carbonyl (C=O) groups is 2. The van der Waals surface area contributed by atoms with E-state index in [9.17, 15) is 9.59 Å². The molecule has 19 heavy (non-hydrogen) atoms. The molecule has 0 heterocycles. The van der Waals surface area contributed by atoms with E-state index in [1.807, 2.05) is 0 Å². The van der Waals surface area contributed by atoms with Gasteiger partial charge in [-0.3, -0.25) is 9.59 Å². The Balaban J connectivity index is 2.92. The van der Waals surface area contributed by atoms with Gasteiger partial charge in [-0.2, -0.15) is 0 Å². The summed E-state index contributed by atoms with van der Waals surface area (Å²) in [4.78, 5) is 23.4. The lowest BCUT2D eigenvalue weighted by molar-refractivity contribution is -0.116. The van der Waals surface area contributed by atoms with Crippen LogP contribution in [0.5, 0.6) is 5.75 Å². The Kier molecular flexibility index (Phi) is 5.81. The van der Waals surface area contributed by atoms with E-state index >= 15 is 0 Å². The Morgan fingerprint density at radius 1 is 1.26 bits per heavy atom. The van der Waals surface area contributed by atoms with Gasteiger partial charge in [0.15, 0.2) is 0 Å². The minimum Gasteiger partial charge on any atom is -0.497 e. The lowest BCUT2D eigenvalue weighted by atomic mass is 10.1. The number of amides is 2. The van der Waals surface area contributed by atoms with E-state index in [1.165, 1.54) is 14.2 Å². The third-order valence-corrected chi connectivity index (χ3v) is 2.57. The molecule has 0 saturated carbocycles. The van der Waals surface area contributed by atoms with Crippen LogP contribution in [-0.2, 0) is 4.79 Å². The van der Waals surface area contributed by atoms with Gasteiger partial charge in [0.25, 0.3) is 5.91 Å². The summed E-state index contributed by atoms with van der Waals surface area (Å²) >= 11 is 0. The van der Waals surface area contributed by atoms with Crippen LogP contribution in [0, 0.1) is 0 Å². The Labute approximate surface area is 112 Å². The Bertz CT molecular complexity index is 460. The molecule has 0 fully saturated rings. The molecule has 3 N–H and O–H groups in total. The van der Waals surface area contributed by atoms with Crippen LogP contribution >= 0.6 is 0 Å². The van der Waals surface area contributed by atoms with Gasteiger partial charge in [-0.1, -0.05) is 0 Å². The van der Waals surface area contributed by atoms with Crippen LogP contribution < -0.4 is 20.7 Å². The van der Waals surface area contributed by atoms with Crippen LogP contribution in [0.1, 0.15) is 16.8 Å². The second kappa shape index (κ2) is 7.38. The third-order valence-electron chi connectivity index (χ3n) is 2.57. The number of hydrogen-bond donors (Lipinski definition) is 3. The summed E-state index contributed by atoms with van der Waals surface area (Å²) in [6, 6.07) is 4.94. The summed E-state index contributed by atoms with van der Waals surface area (Å²) in [6.07, 6.45) is 0.343. The largest absolute Gasteiger partial charge is 0.497 e. The topological polar surface area (TPSA) is 79.5 Å². The number of anilines is 1. The maximum absolute atomic E-state index is 11.8. The Morgan fingerprint density at radius 2 is 2.00 bits per heavy atom. The smallest absolute Gasteiger partial charge is 0.253 e. The first-order valence-electron chi connectivity index (χ1n) is 5.97. The molecule has 0 unspecified atom stereocenters. The molecule has 1 rings (SSSR count). The zero-order chi connectivity index (χ0) is 14.3. The Morgan fingerprint density at radius 3 is 2.58 bits per heavy atom. The zero-order valence-electron chi connectivity index (χ0n) is 11.4. The number of benzene rings is 1. The minimum atomic E-state index is -0.275. The first kappa shape index (κ1) is 15.0. The van der Waals surface area contributed by atoms with Crippen LogP contribution in [0.15, 0.2) is 18.2 Å². The van der Waals surface area contributed by atoms with Crippen LogP contribution in [0.3, 0.4) is 0 Å². The quantitative estimate of drug-likeness (QED) is 0.704. The molecule has 0 aliphatic heterocycles. The van der Waals surface area contributed by atoms with E-state index in [0.29, 0.717) is 30.0 Å². The van der Waals surface area contributed by atoms with Crippen molar-refractivity contribution in [2.45, 2.75) is 6.42 Å². The molecular weight excluding hydrogens is 246 g/mol. The van der Waals surface area contributed by atoms with E-state index in [1.54, 1.807) is 25.2 Å². The fourth-order valence-corrected chi connectivity index (χ4v) is 1.53. The van der Waals surface area contributed by atoms with Gasteiger partial charge in [0.2, 0.25) is 5.91 Å². The van der Waals surface area contributed by atoms with Gasteiger partial charge in [0.05, 0.1) is 18.4 Å². The van der Waals surface area contributed by atoms with Crippen molar-refractivity contribution in [3.63, 3.8) is 0 Å². The average Bonchev–Trinajstić information content (AvgIpc) is 2.44. The second-order valence-corrected chi connectivity index (χ2v) is 3.89. The summed E-state index contributed by atoms with van der Waals surface area (Å²) in [5.74, 6) is 0.138. The van der Waals surface area contributed by atoms with Crippen molar-refractivity contribution in [2.75, 3.05) is 33.1 Å². The molecule has 0 radical (unpaired) electrons. The van der Waals surface area contributed by atoms with Crippen molar-refractivity contribution in [2.24, 2.45) is 0 Å². The van der Waals surface area contributed by atoms with Gasteiger partial charge in [-0.25, -0.2) is 0 Å². The highest BCUT2D eigenvalue weighted by molar-refractivity contribution is 6.04. The lowest BCUT2D eigenvalue weighted by Gasteiger charge is -2.11. The summed E-state index contributed by atoms with van der Waals surface area (Å²) in [6.45, 7) is 0.581. The number of rotatable bonds is 6. The van der Waals surface area contributed by atoms with Crippen LogP contribution in [-0.4, -0.2) is 39.6 Å². The molecule has 104 valence electrons. The number of nitrogens with one attached hydrogen (secondary N) is 3. The number of carbonyl (C=O) groups excluding carboxylic acids is 2. The highest BCUT2D eigenvalue weighted by atomic mass is 16.5. The van der Waals surface area contributed by atoms with Crippen LogP contribution in [0.25, 0.3) is 0 Å². The molecule has 0 saturated heterocycles. The number of ether oxygens (including phenoxy) is 1. The molecule has 6 nitrogen and oxygen atoms in total. The first-order chi connectivity index (χ1) is 9.12. The van der Waals surface area contributed by atoms with Gasteiger partial charge >= 0.3 is 0 Å². The fourth-order valence-electron chi connectivity index (χ4n) is 1.53. The van der Waals surface area contributed by atoms with E-state index in [0.717, 1.165) is 0 Å². The van der Waals surface area contributed by atoms with Gasteiger partial charge in [-0.05, 0) is 25.2 Å². The SMILES string of the molecule is CNCCC(=O)Nc1ccc(OC)cc1C(=O)NC. The van der Waals surface area contributed by atoms with Gasteiger partial charge in [-0.15, -0.1) is 0 Å². The molecule has 6 heteroatoms. The highest BCUT2D eigenvalue weighted by Gasteiger charge is 2.13. The normalized spacial score (nSPS) is 9.84. The van der Waals surface area contributed by atoms with Gasteiger partial charge in [0.1, 0.15) is 5.75 Å². The highest BCUT2D eigenvalue weighted by Crippen LogP contribution is 2.22. The van der Waals surface area contributed by atoms with Crippen LogP contribution in [0.2, 0.25) is 0 Å². The van der Waals surface area contributed by atoms with E-state index in [2.05, 4.69) is 16.0 Å². The standard InChI is InChI=1S/C13H19N3O3/c1-14-7-6-12(17)16-11-5-4-9(19-3)8-10(11)13(18)15-2/h4-5,8,14H,6-7H2,1-3H3,(H,15,18)(H,16,17).